The third-order valence-electron chi connectivity index (χ3n) is 3.80. The summed E-state index contributed by atoms with van der Waals surface area (Å²) in [7, 11) is 0. The van der Waals surface area contributed by atoms with Crippen LogP contribution in [-0.2, 0) is 0 Å². The fraction of sp³-hybridized carbons (Fsp3) is 0.286. The molecule has 0 radical (unpaired) electrons. The Labute approximate surface area is 123 Å². The maximum atomic E-state index is 4.69. The van der Waals surface area contributed by atoms with Gasteiger partial charge in [-0.25, -0.2) is 4.98 Å². The molecule has 0 unspecified atom stereocenters. The van der Waals surface area contributed by atoms with Crippen LogP contribution in [0, 0.1) is 6.92 Å². The second-order valence-corrected chi connectivity index (χ2v) is 6.44. The molecule has 104 valence electrons. The highest BCUT2D eigenvalue weighted by molar-refractivity contribution is 7.19. The number of nitrogens with one attached hydrogen (secondary N) is 1. The Morgan fingerprint density at radius 2 is 2.19 bits per heavy atom. The predicted molar refractivity (Wildman–Crippen MR) is 80.5 cm³/mol. The molecule has 0 atom stereocenters. The number of hydrogen-bond donors (Lipinski definition) is 1. The van der Waals surface area contributed by atoms with E-state index in [2.05, 4.69) is 32.3 Å². The number of aromatic amines is 1. The van der Waals surface area contributed by atoms with Crippen LogP contribution in [0.4, 0.5) is 0 Å². The number of nitrogens with zero attached hydrogens (tertiary/aromatic N) is 5. The number of aromatic nitrogens is 6. The maximum Gasteiger partial charge on any atom is 0.234 e. The lowest BCUT2D eigenvalue weighted by Gasteiger charge is -1.95. The third kappa shape index (κ3) is 1.70. The molecule has 1 aliphatic rings. The van der Waals surface area contributed by atoms with Gasteiger partial charge in [0.25, 0.3) is 0 Å². The molecule has 0 spiro atoms. The van der Waals surface area contributed by atoms with Crippen molar-refractivity contribution in [3.63, 3.8) is 0 Å². The molecule has 3 aromatic heterocycles. The molecule has 1 aliphatic carbocycles. The Hall–Kier alpha value is -2.28. The largest absolute Gasteiger partial charge is 0.342 e. The lowest BCUT2D eigenvalue weighted by molar-refractivity contribution is 0.828. The number of H-pyrrole nitrogens is 1. The number of fused-ring (bicyclic) bond motifs is 2. The number of imidazole rings is 1. The van der Waals surface area contributed by atoms with Crippen molar-refractivity contribution < 1.29 is 0 Å². The average molecular weight is 296 g/mol. The molecule has 7 heteroatoms. The zero-order chi connectivity index (χ0) is 14.0. The summed E-state index contributed by atoms with van der Waals surface area (Å²) in [5.74, 6) is 2.48. The normalized spacial score (nSPS) is 15.3. The summed E-state index contributed by atoms with van der Waals surface area (Å²) >= 11 is 1.58. The Morgan fingerprint density at radius 3 is 3.05 bits per heavy atom. The van der Waals surface area contributed by atoms with E-state index in [1.807, 2.05) is 17.5 Å². The number of aryl methyl sites for hydroxylation is 1. The monoisotopic (exact) mass is 296 g/mol. The van der Waals surface area contributed by atoms with Crippen LogP contribution in [0.25, 0.3) is 26.6 Å². The first-order valence-electron chi connectivity index (χ1n) is 6.97. The van der Waals surface area contributed by atoms with E-state index in [1.165, 1.54) is 12.8 Å². The van der Waals surface area contributed by atoms with Crippen molar-refractivity contribution in [2.45, 2.75) is 25.7 Å². The molecule has 21 heavy (non-hydrogen) atoms. The minimum absolute atomic E-state index is 0.549. The lowest BCUT2D eigenvalue weighted by atomic mass is 10.2. The standard InChI is InChI=1S/C14H12N6S/c1-7-15-10-5-4-9(6-11(10)16-7)13-19-20-12(8-2-3-8)17-18-14(20)21-13/h4-6,8H,2-3H2,1H3,(H,15,16). The average Bonchev–Trinajstić information content (AvgIpc) is 2.93. The topological polar surface area (TPSA) is 71.8 Å². The third-order valence-corrected chi connectivity index (χ3v) is 4.75. The molecular weight excluding hydrogens is 284 g/mol. The Kier molecular flexibility index (Phi) is 2.11. The number of rotatable bonds is 2. The Morgan fingerprint density at radius 1 is 1.29 bits per heavy atom. The van der Waals surface area contributed by atoms with Crippen LogP contribution >= 0.6 is 11.3 Å². The van der Waals surface area contributed by atoms with Crippen molar-refractivity contribution in [2.75, 3.05) is 0 Å². The molecule has 6 nitrogen and oxygen atoms in total. The first-order chi connectivity index (χ1) is 10.3. The van der Waals surface area contributed by atoms with Crippen LogP contribution in [0.2, 0.25) is 0 Å². The van der Waals surface area contributed by atoms with Gasteiger partial charge in [0.1, 0.15) is 10.8 Å². The molecule has 1 fully saturated rings. The van der Waals surface area contributed by atoms with Gasteiger partial charge in [-0.15, -0.1) is 10.2 Å². The SMILES string of the molecule is Cc1nc2ccc(-c3nn4c(C5CC5)nnc4s3)cc2[nH]1. The van der Waals surface area contributed by atoms with Gasteiger partial charge < -0.3 is 4.98 Å². The minimum Gasteiger partial charge on any atom is -0.342 e. The fourth-order valence-electron chi connectivity index (χ4n) is 2.62. The van der Waals surface area contributed by atoms with Crippen LogP contribution in [0.5, 0.6) is 0 Å². The van der Waals surface area contributed by atoms with Crippen molar-refractivity contribution in [3.05, 3.63) is 29.8 Å². The van der Waals surface area contributed by atoms with Crippen LogP contribution in [0.15, 0.2) is 18.2 Å². The van der Waals surface area contributed by atoms with Crippen LogP contribution in [0.3, 0.4) is 0 Å². The van der Waals surface area contributed by atoms with Gasteiger partial charge in [-0.1, -0.05) is 11.3 Å². The zero-order valence-electron chi connectivity index (χ0n) is 11.4. The highest BCUT2D eigenvalue weighted by Crippen LogP contribution is 2.39. The van der Waals surface area contributed by atoms with E-state index >= 15 is 0 Å². The molecule has 0 aliphatic heterocycles. The van der Waals surface area contributed by atoms with Gasteiger partial charge in [-0.2, -0.15) is 9.61 Å². The van der Waals surface area contributed by atoms with E-state index < -0.39 is 0 Å². The fourth-order valence-corrected chi connectivity index (χ4v) is 3.46. The van der Waals surface area contributed by atoms with E-state index in [0.717, 1.165) is 38.2 Å². The molecule has 0 saturated heterocycles. The summed E-state index contributed by atoms with van der Waals surface area (Å²) in [6.07, 6.45) is 2.40. The van der Waals surface area contributed by atoms with Gasteiger partial charge in [0.15, 0.2) is 5.82 Å². The maximum absolute atomic E-state index is 4.69. The van der Waals surface area contributed by atoms with Crippen LogP contribution < -0.4 is 0 Å². The van der Waals surface area contributed by atoms with Gasteiger partial charge in [0, 0.05) is 11.5 Å². The quantitative estimate of drug-likeness (QED) is 0.617. The van der Waals surface area contributed by atoms with Gasteiger partial charge in [0.05, 0.1) is 11.0 Å². The molecule has 0 bridgehead atoms. The highest BCUT2D eigenvalue weighted by atomic mass is 32.1. The van der Waals surface area contributed by atoms with Crippen LogP contribution in [-0.4, -0.2) is 29.8 Å². The number of benzene rings is 1. The van der Waals surface area contributed by atoms with Gasteiger partial charge in [-0.3, -0.25) is 0 Å². The summed E-state index contributed by atoms with van der Waals surface area (Å²) < 4.78 is 1.90. The van der Waals surface area contributed by atoms with Crippen molar-refractivity contribution in [1.29, 1.82) is 0 Å². The van der Waals surface area contributed by atoms with Crippen molar-refractivity contribution in [3.8, 4) is 10.6 Å². The lowest BCUT2D eigenvalue weighted by Crippen LogP contribution is -1.93. The summed E-state index contributed by atoms with van der Waals surface area (Å²) in [4.78, 5) is 8.56. The van der Waals surface area contributed by atoms with E-state index in [1.54, 1.807) is 11.3 Å². The summed E-state index contributed by atoms with van der Waals surface area (Å²) in [5.41, 5.74) is 3.11. The van der Waals surface area contributed by atoms with Crippen molar-refractivity contribution in [2.24, 2.45) is 0 Å². The van der Waals surface area contributed by atoms with Crippen molar-refractivity contribution in [1.82, 2.24) is 29.8 Å². The Bertz CT molecular complexity index is 974. The second-order valence-electron chi connectivity index (χ2n) is 5.49. The van der Waals surface area contributed by atoms with E-state index in [9.17, 15) is 0 Å². The highest BCUT2D eigenvalue weighted by Gasteiger charge is 2.30. The molecule has 4 aromatic rings. The molecule has 5 rings (SSSR count). The molecule has 1 N–H and O–H groups in total. The number of hydrogen-bond acceptors (Lipinski definition) is 5. The first kappa shape index (κ1) is 11.4. The van der Waals surface area contributed by atoms with Gasteiger partial charge in [-0.05, 0) is 38.0 Å². The summed E-state index contributed by atoms with van der Waals surface area (Å²) in [6.45, 7) is 1.96. The molecule has 0 amide bonds. The molecule has 1 aromatic carbocycles. The van der Waals surface area contributed by atoms with Crippen LogP contribution in [0.1, 0.15) is 30.4 Å². The second kappa shape index (κ2) is 3.88. The summed E-state index contributed by atoms with van der Waals surface area (Å²) in [5, 5.41) is 14.2. The first-order valence-corrected chi connectivity index (χ1v) is 7.78. The van der Waals surface area contributed by atoms with E-state index in [4.69, 9.17) is 5.10 Å². The Balaban J connectivity index is 1.66. The molecule has 1 saturated carbocycles. The minimum atomic E-state index is 0.549. The molecule has 3 heterocycles. The van der Waals surface area contributed by atoms with Gasteiger partial charge >= 0.3 is 0 Å². The zero-order valence-corrected chi connectivity index (χ0v) is 12.2. The van der Waals surface area contributed by atoms with E-state index in [-0.39, 0.29) is 0 Å². The molecular formula is C14H12N6S. The smallest absolute Gasteiger partial charge is 0.234 e. The summed E-state index contributed by atoms with van der Waals surface area (Å²) in [6, 6.07) is 6.18. The predicted octanol–water partition coefficient (Wildman–Crippen LogP) is 2.91. The van der Waals surface area contributed by atoms with E-state index in [0.29, 0.717) is 5.92 Å². The van der Waals surface area contributed by atoms with Gasteiger partial charge in [0.2, 0.25) is 4.96 Å². The van der Waals surface area contributed by atoms with Crippen molar-refractivity contribution >= 4 is 27.3 Å².